The first-order valence-electron chi connectivity index (χ1n) is 6.94. The molecule has 1 aromatic heterocycles. The van der Waals surface area contributed by atoms with E-state index in [1.54, 1.807) is 0 Å². The number of alkyl halides is 3. The number of halogens is 3. The molecular formula is C15H15F3N4OS. The zero-order valence-electron chi connectivity index (χ0n) is 13.2. The second kappa shape index (κ2) is 6.31. The van der Waals surface area contributed by atoms with Crippen LogP contribution in [0, 0.1) is 4.77 Å². The fourth-order valence-corrected chi connectivity index (χ4v) is 2.04. The number of hydrogen-bond acceptors (Lipinski definition) is 4. The molecule has 0 unspecified atom stereocenters. The molecule has 0 atom stereocenters. The van der Waals surface area contributed by atoms with Crippen LogP contribution in [0.5, 0.6) is 0 Å². The third-order valence-corrected chi connectivity index (χ3v) is 3.39. The van der Waals surface area contributed by atoms with Gasteiger partial charge in [0.15, 0.2) is 0 Å². The number of aromatic nitrogens is 3. The van der Waals surface area contributed by atoms with E-state index in [1.165, 1.54) is 18.3 Å². The van der Waals surface area contributed by atoms with Crippen LogP contribution in [0.1, 0.15) is 37.6 Å². The third kappa shape index (κ3) is 3.97. The SMILES string of the molecule is CC(C)(C)c1n[nH]c(=S)n(/N=C\c2ccc(C(F)(F)F)cc2)c1=O. The summed E-state index contributed by atoms with van der Waals surface area (Å²) >= 11 is 4.99. The van der Waals surface area contributed by atoms with Gasteiger partial charge in [-0.15, -0.1) is 0 Å². The molecule has 0 amide bonds. The fourth-order valence-electron chi connectivity index (χ4n) is 1.87. The molecule has 0 fully saturated rings. The minimum absolute atomic E-state index is 0.00355. The van der Waals surface area contributed by atoms with E-state index < -0.39 is 22.7 Å². The molecule has 128 valence electrons. The zero-order valence-corrected chi connectivity index (χ0v) is 14.0. The lowest BCUT2D eigenvalue weighted by Crippen LogP contribution is -2.32. The van der Waals surface area contributed by atoms with E-state index in [-0.39, 0.29) is 10.5 Å². The van der Waals surface area contributed by atoms with Gasteiger partial charge in [-0.3, -0.25) is 9.89 Å². The normalized spacial score (nSPS) is 12.8. The van der Waals surface area contributed by atoms with E-state index in [0.29, 0.717) is 5.56 Å². The van der Waals surface area contributed by atoms with E-state index in [2.05, 4.69) is 15.3 Å². The molecule has 0 spiro atoms. The van der Waals surface area contributed by atoms with Gasteiger partial charge in [0.05, 0.1) is 11.8 Å². The highest BCUT2D eigenvalue weighted by Gasteiger charge is 2.29. The Labute approximate surface area is 140 Å². The average Bonchev–Trinajstić information content (AvgIpc) is 2.45. The number of rotatable bonds is 2. The summed E-state index contributed by atoms with van der Waals surface area (Å²) in [6.07, 6.45) is -3.14. The molecule has 0 aliphatic rings. The van der Waals surface area contributed by atoms with Crippen LogP contribution in [0.2, 0.25) is 0 Å². The minimum Gasteiger partial charge on any atom is -0.265 e. The predicted octanol–water partition coefficient (Wildman–Crippen LogP) is 3.50. The second-order valence-corrected chi connectivity index (χ2v) is 6.50. The molecule has 1 aromatic carbocycles. The smallest absolute Gasteiger partial charge is 0.265 e. The van der Waals surface area contributed by atoms with E-state index >= 15 is 0 Å². The van der Waals surface area contributed by atoms with Crippen LogP contribution in [0.25, 0.3) is 0 Å². The highest BCUT2D eigenvalue weighted by molar-refractivity contribution is 7.71. The van der Waals surface area contributed by atoms with Gasteiger partial charge < -0.3 is 0 Å². The maximum absolute atomic E-state index is 12.5. The summed E-state index contributed by atoms with van der Waals surface area (Å²) in [5, 5.41) is 10.5. The van der Waals surface area contributed by atoms with Crippen molar-refractivity contribution >= 4 is 18.4 Å². The number of aromatic amines is 1. The zero-order chi connectivity index (χ0) is 18.1. The van der Waals surface area contributed by atoms with Crippen molar-refractivity contribution < 1.29 is 13.2 Å². The lowest BCUT2D eigenvalue weighted by molar-refractivity contribution is -0.137. The van der Waals surface area contributed by atoms with E-state index in [1.807, 2.05) is 20.8 Å². The Bertz CT molecular complexity index is 874. The standard InChI is InChI=1S/C15H15F3N4OS/c1-14(2,3)11-12(23)22(13(24)21-20-11)19-8-9-4-6-10(7-5-9)15(16,17)18/h4-8H,1-3H3,(H,21,24)/b19-8-. The van der Waals surface area contributed by atoms with Crippen molar-refractivity contribution in [1.82, 2.24) is 14.9 Å². The van der Waals surface area contributed by atoms with Gasteiger partial charge in [0, 0.05) is 5.41 Å². The number of nitrogens with one attached hydrogen (secondary N) is 1. The third-order valence-electron chi connectivity index (χ3n) is 3.12. The number of benzene rings is 1. The lowest BCUT2D eigenvalue weighted by Gasteiger charge is -2.16. The molecule has 2 rings (SSSR count). The first-order chi connectivity index (χ1) is 11.0. The monoisotopic (exact) mass is 356 g/mol. The van der Waals surface area contributed by atoms with Crippen molar-refractivity contribution in [3.8, 4) is 0 Å². The van der Waals surface area contributed by atoms with Gasteiger partial charge in [0.2, 0.25) is 4.77 Å². The Morgan fingerprint density at radius 2 is 1.79 bits per heavy atom. The molecular weight excluding hydrogens is 341 g/mol. The first-order valence-corrected chi connectivity index (χ1v) is 7.35. The number of H-pyrrole nitrogens is 1. The van der Waals surface area contributed by atoms with E-state index in [0.717, 1.165) is 16.8 Å². The quantitative estimate of drug-likeness (QED) is 0.662. The number of hydrogen-bond donors (Lipinski definition) is 1. The molecule has 24 heavy (non-hydrogen) atoms. The Kier molecular flexibility index (Phi) is 4.75. The van der Waals surface area contributed by atoms with Gasteiger partial charge in [-0.05, 0) is 29.9 Å². The van der Waals surface area contributed by atoms with Crippen LogP contribution in [0.15, 0.2) is 34.2 Å². The lowest BCUT2D eigenvalue weighted by atomic mass is 9.93. The predicted molar refractivity (Wildman–Crippen MR) is 86.8 cm³/mol. The highest BCUT2D eigenvalue weighted by Crippen LogP contribution is 2.28. The number of nitrogens with zero attached hydrogens (tertiary/aromatic N) is 3. The van der Waals surface area contributed by atoms with Gasteiger partial charge in [-0.2, -0.15) is 28.0 Å². The maximum Gasteiger partial charge on any atom is 0.416 e. The van der Waals surface area contributed by atoms with Crippen LogP contribution in [0.3, 0.4) is 0 Å². The molecule has 1 N–H and O–H groups in total. The molecule has 5 nitrogen and oxygen atoms in total. The first kappa shape index (κ1) is 18.1. The van der Waals surface area contributed by atoms with Crippen molar-refractivity contribution in [3.05, 3.63) is 56.2 Å². The Balaban J connectivity index is 2.40. The molecule has 9 heteroatoms. The van der Waals surface area contributed by atoms with Crippen molar-refractivity contribution in [2.75, 3.05) is 0 Å². The summed E-state index contributed by atoms with van der Waals surface area (Å²) in [6, 6.07) is 4.40. The largest absolute Gasteiger partial charge is 0.416 e. The molecule has 1 heterocycles. The van der Waals surface area contributed by atoms with Gasteiger partial charge >= 0.3 is 6.18 Å². The summed E-state index contributed by atoms with van der Waals surface area (Å²) in [4.78, 5) is 12.4. The van der Waals surface area contributed by atoms with Crippen LogP contribution in [0.4, 0.5) is 13.2 Å². The molecule has 0 aliphatic heterocycles. The summed E-state index contributed by atoms with van der Waals surface area (Å²) < 4.78 is 38.5. The summed E-state index contributed by atoms with van der Waals surface area (Å²) in [7, 11) is 0. The minimum atomic E-state index is -4.40. The second-order valence-electron chi connectivity index (χ2n) is 6.11. The molecule has 0 bridgehead atoms. The van der Waals surface area contributed by atoms with Gasteiger partial charge in [-0.25, -0.2) is 0 Å². The molecule has 0 aliphatic carbocycles. The van der Waals surface area contributed by atoms with Crippen LogP contribution >= 0.6 is 12.2 Å². The van der Waals surface area contributed by atoms with Crippen LogP contribution in [-0.4, -0.2) is 21.1 Å². The van der Waals surface area contributed by atoms with Gasteiger partial charge in [0.1, 0.15) is 5.69 Å². The molecule has 2 aromatic rings. The molecule has 0 saturated carbocycles. The molecule has 0 saturated heterocycles. The van der Waals surface area contributed by atoms with Crippen molar-refractivity contribution in [2.24, 2.45) is 5.10 Å². The summed E-state index contributed by atoms with van der Waals surface area (Å²) in [5.74, 6) is 0. The Hall–Kier alpha value is -2.29. The highest BCUT2D eigenvalue weighted by atomic mass is 32.1. The van der Waals surface area contributed by atoms with E-state index in [4.69, 9.17) is 12.2 Å². The van der Waals surface area contributed by atoms with Crippen LogP contribution < -0.4 is 5.56 Å². The van der Waals surface area contributed by atoms with Gasteiger partial charge in [-0.1, -0.05) is 32.9 Å². The van der Waals surface area contributed by atoms with Crippen LogP contribution in [-0.2, 0) is 11.6 Å². The van der Waals surface area contributed by atoms with Gasteiger partial charge in [0.25, 0.3) is 5.56 Å². The fraction of sp³-hybridized carbons (Fsp3) is 0.333. The maximum atomic E-state index is 12.5. The van der Waals surface area contributed by atoms with E-state index in [9.17, 15) is 18.0 Å². The topological polar surface area (TPSA) is 63.0 Å². The average molecular weight is 356 g/mol. The Morgan fingerprint density at radius 3 is 2.29 bits per heavy atom. The van der Waals surface area contributed by atoms with Crippen molar-refractivity contribution in [2.45, 2.75) is 32.4 Å². The summed E-state index contributed by atoms with van der Waals surface area (Å²) in [6.45, 7) is 5.45. The van der Waals surface area contributed by atoms with Crippen molar-refractivity contribution in [1.29, 1.82) is 0 Å². The molecule has 0 radical (unpaired) electrons. The van der Waals surface area contributed by atoms with Crippen molar-refractivity contribution in [3.63, 3.8) is 0 Å². The summed E-state index contributed by atoms with van der Waals surface area (Å²) in [5.41, 5.74) is -1.09. The Morgan fingerprint density at radius 1 is 1.21 bits per heavy atom.